The number of piperazine rings is 1. The Morgan fingerprint density at radius 1 is 0.933 bits per heavy atom. The number of amides is 1. The van der Waals surface area contributed by atoms with Gasteiger partial charge in [0.05, 0.1) is 12.6 Å². The highest BCUT2D eigenvalue weighted by Gasteiger charge is 2.20. The van der Waals surface area contributed by atoms with Gasteiger partial charge in [0, 0.05) is 50.6 Å². The SMILES string of the molecule is O=C(CN1CCCC(O)C1)Nc1ccc(N2CCN(Cc3ccccc3)CC2)cc1. The molecular weight excluding hydrogens is 376 g/mol. The molecule has 0 bridgehead atoms. The molecule has 2 N–H and O–H groups in total. The summed E-state index contributed by atoms with van der Waals surface area (Å²) in [7, 11) is 0. The summed E-state index contributed by atoms with van der Waals surface area (Å²) in [5, 5.41) is 12.7. The van der Waals surface area contributed by atoms with Crippen LogP contribution in [0.5, 0.6) is 0 Å². The van der Waals surface area contributed by atoms with Crippen LogP contribution < -0.4 is 10.2 Å². The number of hydrogen-bond acceptors (Lipinski definition) is 5. The van der Waals surface area contributed by atoms with E-state index >= 15 is 0 Å². The van der Waals surface area contributed by atoms with Crippen LogP contribution in [-0.2, 0) is 11.3 Å². The number of benzene rings is 2. The third-order valence-corrected chi connectivity index (χ3v) is 5.99. The minimum Gasteiger partial charge on any atom is -0.392 e. The number of nitrogens with one attached hydrogen (secondary N) is 1. The maximum Gasteiger partial charge on any atom is 0.238 e. The van der Waals surface area contributed by atoms with E-state index in [1.807, 2.05) is 17.0 Å². The lowest BCUT2D eigenvalue weighted by atomic mass is 10.1. The van der Waals surface area contributed by atoms with E-state index in [1.165, 1.54) is 11.3 Å². The molecule has 2 aliphatic heterocycles. The maximum atomic E-state index is 12.3. The summed E-state index contributed by atoms with van der Waals surface area (Å²) >= 11 is 0. The van der Waals surface area contributed by atoms with Crippen molar-refractivity contribution in [1.82, 2.24) is 9.80 Å². The Kier molecular flexibility index (Phi) is 7.00. The number of hydrogen-bond donors (Lipinski definition) is 2. The molecule has 2 fully saturated rings. The van der Waals surface area contributed by atoms with Crippen LogP contribution in [0, 0.1) is 0 Å². The van der Waals surface area contributed by atoms with Gasteiger partial charge in [-0.1, -0.05) is 30.3 Å². The second-order valence-corrected chi connectivity index (χ2v) is 8.38. The van der Waals surface area contributed by atoms with Crippen LogP contribution in [0.1, 0.15) is 18.4 Å². The molecule has 2 aliphatic rings. The van der Waals surface area contributed by atoms with Gasteiger partial charge in [0.25, 0.3) is 0 Å². The molecule has 0 radical (unpaired) electrons. The Hall–Kier alpha value is -2.41. The van der Waals surface area contributed by atoms with Crippen LogP contribution in [0.25, 0.3) is 0 Å². The van der Waals surface area contributed by atoms with Gasteiger partial charge in [-0.25, -0.2) is 0 Å². The first-order valence-electron chi connectivity index (χ1n) is 11.0. The molecule has 2 heterocycles. The van der Waals surface area contributed by atoms with Crippen molar-refractivity contribution in [2.24, 2.45) is 0 Å². The van der Waals surface area contributed by atoms with Crippen LogP contribution >= 0.6 is 0 Å². The highest BCUT2D eigenvalue weighted by molar-refractivity contribution is 5.92. The molecule has 2 aromatic rings. The van der Waals surface area contributed by atoms with E-state index in [1.54, 1.807) is 0 Å². The van der Waals surface area contributed by atoms with Gasteiger partial charge in [-0.15, -0.1) is 0 Å². The van der Waals surface area contributed by atoms with Crippen LogP contribution in [-0.4, -0.2) is 72.7 Å². The summed E-state index contributed by atoms with van der Waals surface area (Å²) in [6, 6.07) is 18.8. The summed E-state index contributed by atoms with van der Waals surface area (Å²) in [5.41, 5.74) is 3.39. The van der Waals surface area contributed by atoms with Crippen molar-refractivity contribution in [2.75, 3.05) is 56.0 Å². The normalized spacial score (nSPS) is 20.8. The number of β-amino-alcohol motifs (C(OH)–C–C–N with tert-alkyl or cyclic N) is 1. The molecule has 30 heavy (non-hydrogen) atoms. The summed E-state index contributed by atoms with van der Waals surface area (Å²) in [6.45, 7) is 6.92. The Bertz CT molecular complexity index is 804. The number of carbonyl (C=O) groups excluding carboxylic acids is 1. The average molecular weight is 409 g/mol. The van der Waals surface area contributed by atoms with E-state index in [0.717, 1.165) is 57.8 Å². The predicted molar refractivity (Wildman–Crippen MR) is 121 cm³/mol. The molecule has 2 saturated heterocycles. The number of carbonyl (C=O) groups is 1. The summed E-state index contributed by atoms with van der Waals surface area (Å²) in [4.78, 5) is 19.2. The molecule has 160 valence electrons. The molecule has 1 amide bonds. The molecule has 0 aliphatic carbocycles. The summed E-state index contributed by atoms with van der Waals surface area (Å²) < 4.78 is 0. The van der Waals surface area contributed by atoms with Gasteiger partial charge in [-0.2, -0.15) is 0 Å². The monoisotopic (exact) mass is 408 g/mol. The average Bonchev–Trinajstić information content (AvgIpc) is 2.76. The zero-order valence-electron chi connectivity index (χ0n) is 17.5. The first-order chi connectivity index (χ1) is 14.7. The van der Waals surface area contributed by atoms with Gasteiger partial charge >= 0.3 is 0 Å². The third kappa shape index (κ3) is 5.81. The molecule has 0 spiro atoms. The van der Waals surface area contributed by atoms with Gasteiger partial charge in [-0.05, 0) is 49.2 Å². The zero-order chi connectivity index (χ0) is 20.8. The number of aliphatic hydroxyl groups excluding tert-OH is 1. The molecule has 6 nitrogen and oxygen atoms in total. The number of anilines is 2. The topological polar surface area (TPSA) is 59.1 Å². The maximum absolute atomic E-state index is 12.3. The lowest BCUT2D eigenvalue weighted by Crippen LogP contribution is -2.45. The molecular formula is C24H32N4O2. The van der Waals surface area contributed by atoms with E-state index in [0.29, 0.717) is 13.1 Å². The lowest BCUT2D eigenvalue weighted by Gasteiger charge is -2.36. The van der Waals surface area contributed by atoms with E-state index in [-0.39, 0.29) is 12.0 Å². The Labute approximate surface area is 179 Å². The van der Waals surface area contributed by atoms with Gasteiger partial charge in [0.15, 0.2) is 0 Å². The van der Waals surface area contributed by atoms with Crippen LogP contribution in [0.4, 0.5) is 11.4 Å². The van der Waals surface area contributed by atoms with Gasteiger partial charge < -0.3 is 15.3 Å². The molecule has 2 aromatic carbocycles. The molecule has 0 saturated carbocycles. The second kappa shape index (κ2) is 10.1. The van der Waals surface area contributed by atoms with Gasteiger partial charge in [0.2, 0.25) is 5.91 Å². The van der Waals surface area contributed by atoms with E-state index in [4.69, 9.17) is 0 Å². The van der Waals surface area contributed by atoms with Crippen LogP contribution in [0.15, 0.2) is 54.6 Å². The molecule has 6 heteroatoms. The Balaban J connectivity index is 1.23. The molecule has 1 atom stereocenters. The number of likely N-dealkylation sites (tertiary alicyclic amines) is 1. The fourth-order valence-corrected chi connectivity index (χ4v) is 4.34. The van der Waals surface area contributed by atoms with E-state index in [9.17, 15) is 9.90 Å². The third-order valence-electron chi connectivity index (χ3n) is 5.99. The largest absolute Gasteiger partial charge is 0.392 e. The Morgan fingerprint density at radius 2 is 1.67 bits per heavy atom. The minimum atomic E-state index is -0.306. The van der Waals surface area contributed by atoms with Crippen molar-refractivity contribution in [2.45, 2.75) is 25.5 Å². The molecule has 4 rings (SSSR count). The van der Waals surface area contributed by atoms with Crippen molar-refractivity contribution >= 4 is 17.3 Å². The van der Waals surface area contributed by atoms with Crippen LogP contribution in [0.2, 0.25) is 0 Å². The van der Waals surface area contributed by atoms with Crippen molar-refractivity contribution in [3.8, 4) is 0 Å². The van der Waals surface area contributed by atoms with Crippen LogP contribution in [0.3, 0.4) is 0 Å². The predicted octanol–water partition coefficient (Wildman–Crippen LogP) is 2.40. The first-order valence-corrected chi connectivity index (χ1v) is 11.0. The van der Waals surface area contributed by atoms with Crippen molar-refractivity contribution in [3.05, 3.63) is 60.2 Å². The number of aliphatic hydroxyl groups is 1. The second-order valence-electron chi connectivity index (χ2n) is 8.38. The highest BCUT2D eigenvalue weighted by atomic mass is 16.3. The summed E-state index contributed by atoms with van der Waals surface area (Å²) in [5.74, 6) is -0.0219. The molecule has 1 unspecified atom stereocenters. The first kappa shape index (κ1) is 20.8. The molecule has 0 aromatic heterocycles. The van der Waals surface area contributed by atoms with E-state index in [2.05, 4.69) is 57.6 Å². The fourth-order valence-electron chi connectivity index (χ4n) is 4.34. The highest BCUT2D eigenvalue weighted by Crippen LogP contribution is 2.20. The lowest BCUT2D eigenvalue weighted by molar-refractivity contribution is -0.118. The minimum absolute atomic E-state index is 0.0219. The smallest absolute Gasteiger partial charge is 0.238 e. The fraction of sp³-hybridized carbons (Fsp3) is 0.458. The Morgan fingerprint density at radius 3 is 2.37 bits per heavy atom. The zero-order valence-corrected chi connectivity index (χ0v) is 17.5. The number of nitrogens with zero attached hydrogens (tertiary/aromatic N) is 3. The summed E-state index contributed by atoms with van der Waals surface area (Å²) in [6.07, 6.45) is 1.47. The van der Waals surface area contributed by atoms with E-state index < -0.39 is 0 Å². The van der Waals surface area contributed by atoms with Gasteiger partial charge in [-0.3, -0.25) is 14.6 Å². The van der Waals surface area contributed by atoms with Crippen molar-refractivity contribution < 1.29 is 9.90 Å². The number of rotatable bonds is 6. The van der Waals surface area contributed by atoms with Crippen molar-refractivity contribution in [3.63, 3.8) is 0 Å². The van der Waals surface area contributed by atoms with Gasteiger partial charge in [0.1, 0.15) is 0 Å². The van der Waals surface area contributed by atoms with Crippen molar-refractivity contribution in [1.29, 1.82) is 0 Å². The standard InChI is InChI=1S/C24H32N4O2/c29-23-7-4-12-27(18-23)19-24(30)25-21-8-10-22(11-9-21)28-15-13-26(14-16-28)17-20-5-2-1-3-6-20/h1-3,5-6,8-11,23,29H,4,7,12-19H2,(H,25,30). The quantitative estimate of drug-likeness (QED) is 0.769. The number of piperidine rings is 1.